The quantitative estimate of drug-likeness (QED) is 0.157. The Hall–Kier alpha value is -3.35. The number of thiocarbonyl (C=S) groups is 1. The van der Waals surface area contributed by atoms with Crippen LogP contribution in [0.5, 0.6) is 0 Å². The van der Waals surface area contributed by atoms with Crippen LogP contribution in [0.15, 0.2) is 30.4 Å². The molecule has 0 saturated carbocycles. The Morgan fingerprint density at radius 1 is 1.06 bits per heavy atom. The van der Waals surface area contributed by atoms with E-state index in [1.54, 1.807) is 6.07 Å². The van der Waals surface area contributed by atoms with Crippen LogP contribution in [0.4, 0.5) is 17.1 Å². The molecule has 3 saturated heterocycles. The maximum Gasteiger partial charge on any atom is 0.293 e. The van der Waals surface area contributed by atoms with Crippen LogP contribution < -0.4 is 15.1 Å². The van der Waals surface area contributed by atoms with Crippen LogP contribution in [0.1, 0.15) is 5.56 Å². The standard InChI is InChI=1S/C22H25N5O6S/c1-2-3-26-21(29)16(20(28)23-22(26)34)12-15-13-19(27(30)31)18(25-6-10-33-11-7-25)14-17(15)24-4-8-32-9-5-24/h2,12-14H,1,3-11H2,(H,23,28,34). The van der Waals surface area contributed by atoms with Gasteiger partial charge in [-0.15, -0.1) is 6.58 Å². The lowest BCUT2D eigenvalue weighted by Crippen LogP contribution is -2.53. The number of amides is 2. The van der Waals surface area contributed by atoms with Crippen molar-refractivity contribution in [2.24, 2.45) is 0 Å². The molecule has 1 aromatic carbocycles. The molecular weight excluding hydrogens is 462 g/mol. The summed E-state index contributed by atoms with van der Waals surface area (Å²) >= 11 is 5.11. The Bertz CT molecular complexity index is 1060. The Balaban J connectivity index is 1.84. The molecular formula is C22H25N5O6S. The second kappa shape index (κ2) is 10.3. The molecule has 4 rings (SSSR count). The summed E-state index contributed by atoms with van der Waals surface area (Å²) in [6.45, 7) is 7.90. The van der Waals surface area contributed by atoms with E-state index in [4.69, 9.17) is 21.7 Å². The van der Waals surface area contributed by atoms with E-state index < -0.39 is 16.7 Å². The highest BCUT2D eigenvalue weighted by molar-refractivity contribution is 7.80. The van der Waals surface area contributed by atoms with Crippen molar-refractivity contribution in [3.05, 3.63) is 46.0 Å². The van der Waals surface area contributed by atoms with Gasteiger partial charge in [-0.2, -0.15) is 0 Å². The third-order valence-corrected chi connectivity index (χ3v) is 6.14. The number of hydrogen-bond donors (Lipinski definition) is 1. The number of nitro groups is 1. The van der Waals surface area contributed by atoms with E-state index in [2.05, 4.69) is 11.9 Å². The molecule has 0 spiro atoms. The van der Waals surface area contributed by atoms with E-state index in [-0.39, 0.29) is 22.9 Å². The lowest BCUT2D eigenvalue weighted by molar-refractivity contribution is -0.384. The first-order valence-corrected chi connectivity index (χ1v) is 11.3. The number of carbonyl (C=O) groups is 2. The van der Waals surface area contributed by atoms with E-state index in [1.807, 2.05) is 9.80 Å². The second-order valence-corrected chi connectivity index (χ2v) is 8.26. The molecule has 34 heavy (non-hydrogen) atoms. The molecule has 3 aliphatic rings. The summed E-state index contributed by atoms with van der Waals surface area (Å²) in [5.41, 5.74) is 1.31. The monoisotopic (exact) mass is 487 g/mol. The van der Waals surface area contributed by atoms with Crippen molar-refractivity contribution in [2.45, 2.75) is 0 Å². The van der Waals surface area contributed by atoms with Crippen molar-refractivity contribution >= 4 is 52.3 Å². The molecule has 3 fully saturated rings. The Morgan fingerprint density at radius 3 is 2.21 bits per heavy atom. The smallest absolute Gasteiger partial charge is 0.293 e. The third-order valence-electron chi connectivity index (χ3n) is 5.82. The number of rotatable bonds is 6. The van der Waals surface area contributed by atoms with Gasteiger partial charge in [0, 0.05) is 50.0 Å². The zero-order chi connectivity index (χ0) is 24.2. The van der Waals surface area contributed by atoms with Gasteiger partial charge in [0.2, 0.25) is 0 Å². The van der Waals surface area contributed by atoms with Gasteiger partial charge >= 0.3 is 0 Å². The molecule has 1 N–H and O–H groups in total. The minimum absolute atomic E-state index is 0.00546. The maximum atomic E-state index is 13.0. The lowest BCUT2D eigenvalue weighted by Gasteiger charge is -2.33. The zero-order valence-electron chi connectivity index (χ0n) is 18.5. The summed E-state index contributed by atoms with van der Waals surface area (Å²) < 4.78 is 10.9. The van der Waals surface area contributed by atoms with Crippen LogP contribution in [0.2, 0.25) is 0 Å². The van der Waals surface area contributed by atoms with Gasteiger partial charge in [-0.25, -0.2) is 0 Å². The summed E-state index contributed by atoms with van der Waals surface area (Å²) in [7, 11) is 0. The number of benzene rings is 1. The average molecular weight is 488 g/mol. The number of ether oxygens (including phenoxy) is 2. The summed E-state index contributed by atoms with van der Waals surface area (Å²) in [6, 6.07) is 3.19. The van der Waals surface area contributed by atoms with Crippen LogP contribution in [0.25, 0.3) is 6.08 Å². The van der Waals surface area contributed by atoms with E-state index in [0.29, 0.717) is 69.5 Å². The maximum absolute atomic E-state index is 13.0. The van der Waals surface area contributed by atoms with Gasteiger partial charge < -0.3 is 19.3 Å². The highest BCUT2D eigenvalue weighted by atomic mass is 32.1. The Labute approximate surface area is 201 Å². The molecule has 2 amide bonds. The fraction of sp³-hybridized carbons (Fsp3) is 0.409. The fourth-order valence-electron chi connectivity index (χ4n) is 4.12. The number of nitro benzene ring substituents is 1. The molecule has 0 atom stereocenters. The molecule has 0 aliphatic carbocycles. The molecule has 0 unspecified atom stereocenters. The highest BCUT2D eigenvalue weighted by Gasteiger charge is 2.34. The Kier molecular flexibility index (Phi) is 7.20. The minimum atomic E-state index is -0.650. The van der Waals surface area contributed by atoms with Crippen molar-refractivity contribution in [1.29, 1.82) is 0 Å². The predicted molar refractivity (Wildman–Crippen MR) is 130 cm³/mol. The molecule has 0 bridgehead atoms. The van der Waals surface area contributed by atoms with Crippen molar-refractivity contribution in [3.8, 4) is 0 Å². The normalized spacial score (nSPS) is 20.5. The van der Waals surface area contributed by atoms with E-state index >= 15 is 0 Å². The van der Waals surface area contributed by atoms with Gasteiger partial charge in [0.15, 0.2) is 5.11 Å². The fourth-order valence-corrected chi connectivity index (χ4v) is 4.37. The topological polar surface area (TPSA) is 117 Å². The lowest BCUT2D eigenvalue weighted by atomic mass is 10.0. The van der Waals surface area contributed by atoms with Gasteiger partial charge in [-0.3, -0.25) is 29.9 Å². The van der Waals surface area contributed by atoms with Gasteiger partial charge in [0.1, 0.15) is 11.3 Å². The molecule has 12 heteroatoms. The van der Waals surface area contributed by atoms with Crippen molar-refractivity contribution in [1.82, 2.24) is 10.2 Å². The summed E-state index contributed by atoms with van der Waals surface area (Å²) in [5.74, 6) is -1.23. The third kappa shape index (κ3) is 4.79. The first-order chi connectivity index (χ1) is 16.4. The molecule has 0 aromatic heterocycles. The predicted octanol–water partition coefficient (Wildman–Crippen LogP) is 1.08. The zero-order valence-corrected chi connectivity index (χ0v) is 19.3. The number of hydrogen-bond acceptors (Lipinski definition) is 9. The highest BCUT2D eigenvalue weighted by Crippen LogP contribution is 2.38. The minimum Gasteiger partial charge on any atom is -0.378 e. The number of anilines is 2. The van der Waals surface area contributed by atoms with Crippen molar-refractivity contribution in [3.63, 3.8) is 0 Å². The number of carbonyl (C=O) groups excluding carboxylic acids is 2. The van der Waals surface area contributed by atoms with Gasteiger partial charge in [-0.1, -0.05) is 6.08 Å². The van der Waals surface area contributed by atoms with Crippen LogP contribution >= 0.6 is 12.2 Å². The number of nitrogens with one attached hydrogen (secondary N) is 1. The molecule has 0 radical (unpaired) electrons. The van der Waals surface area contributed by atoms with Crippen LogP contribution in [-0.2, 0) is 19.1 Å². The van der Waals surface area contributed by atoms with Gasteiger partial charge in [-0.05, 0) is 24.4 Å². The first kappa shape index (κ1) is 23.8. The summed E-state index contributed by atoms with van der Waals surface area (Å²) in [4.78, 5) is 42.4. The number of nitrogens with zero attached hydrogens (tertiary/aromatic N) is 4. The Morgan fingerprint density at radius 2 is 1.65 bits per heavy atom. The van der Waals surface area contributed by atoms with E-state index in [0.717, 1.165) is 0 Å². The molecule has 3 heterocycles. The SMILES string of the molecule is C=CCN1C(=O)C(=Cc2cc([N+](=O)[O-])c(N3CCOCC3)cc2N2CCOCC2)C(=O)NC1=S. The molecule has 1 aromatic rings. The molecule has 180 valence electrons. The van der Waals surface area contributed by atoms with Gasteiger partial charge in [0.25, 0.3) is 17.5 Å². The van der Waals surface area contributed by atoms with Crippen molar-refractivity contribution < 1.29 is 24.0 Å². The molecule has 11 nitrogen and oxygen atoms in total. The van der Waals surface area contributed by atoms with Crippen LogP contribution in [0, 0.1) is 10.1 Å². The van der Waals surface area contributed by atoms with Gasteiger partial charge in [0.05, 0.1) is 31.4 Å². The van der Waals surface area contributed by atoms with Crippen molar-refractivity contribution in [2.75, 3.05) is 69.0 Å². The number of morpholine rings is 2. The van der Waals surface area contributed by atoms with E-state index in [9.17, 15) is 19.7 Å². The van der Waals surface area contributed by atoms with Crippen LogP contribution in [-0.4, -0.2) is 85.9 Å². The van der Waals surface area contributed by atoms with Crippen LogP contribution in [0.3, 0.4) is 0 Å². The molecule has 3 aliphatic heterocycles. The van der Waals surface area contributed by atoms with E-state index in [1.165, 1.54) is 23.1 Å². The largest absolute Gasteiger partial charge is 0.378 e. The summed E-state index contributed by atoms with van der Waals surface area (Å²) in [5, 5.41) is 14.5. The second-order valence-electron chi connectivity index (χ2n) is 7.88. The average Bonchev–Trinajstić information content (AvgIpc) is 2.85. The first-order valence-electron chi connectivity index (χ1n) is 10.9. The summed E-state index contributed by atoms with van der Waals surface area (Å²) in [6.07, 6.45) is 2.90.